The third kappa shape index (κ3) is 3.41. The molecule has 1 unspecified atom stereocenters. The molecule has 1 aliphatic heterocycles. The summed E-state index contributed by atoms with van der Waals surface area (Å²) in [5.41, 5.74) is 2.21. The number of aromatic hydroxyl groups is 1. The number of fused-ring (bicyclic) bond motifs is 3. The van der Waals surface area contributed by atoms with Gasteiger partial charge in [0.2, 0.25) is 11.7 Å². The number of hydrogen-bond acceptors (Lipinski definition) is 11. The first-order valence-corrected chi connectivity index (χ1v) is 12.6. The molecule has 5 rings (SSSR count). The van der Waals surface area contributed by atoms with Gasteiger partial charge in [0.15, 0.2) is 23.1 Å². The van der Waals surface area contributed by atoms with Crippen LogP contribution in [-0.2, 0) is 35.2 Å². The molecule has 13 nitrogen and oxygen atoms in total. The van der Waals surface area contributed by atoms with E-state index in [2.05, 4.69) is 10.8 Å². The second kappa shape index (κ2) is 8.71. The van der Waals surface area contributed by atoms with Crippen LogP contribution >= 0.6 is 0 Å². The highest BCUT2D eigenvalue weighted by atomic mass is 16.6. The van der Waals surface area contributed by atoms with Crippen molar-refractivity contribution in [1.82, 2.24) is 10.4 Å². The lowest BCUT2D eigenvalue weighted by atomic mass is 9.44. The smallest absolute Gasteiger partial charge is 0.273 e. The lowest BCUT2D eigenvalue weighted by Crippen LogP contribution is -2.78. The molecule has 4 aliphatic rings. The highest BCUT2D eigenvalue weighted by Crippen LogP contribution is 2.62. The molecular formula is C27H30N4O9. The van der Waals surface area contributed by atoms with Crippen LogP contribution in [0.5, 0.6) is 5.75 Å². The standard InChI is InChI=1S/C27H30N4O9/c1-25-9-11-12(29-24(38)13-7-8-40-30-13)5-6-14(32)15(11)18(33)17(25)22(36)27(39)21(35)16(23(28)37)19(34)20(31(3)4)26(27,2)10-25/h5-7,16,20,30,32-33,39H,8-10H2,1-4H3,(H2,28,37)(H,29,38)/t16?,20-,25+,26+,27-/m1/s1. The van der Waals surface area contributed by atoms with Gasteiger partial charge in [0.05, 0.1) is 18.2 Å². The summed E-state index contributed by atoms with van der Waals surface area (Å²) in [6.07, 6.45) is 1.35. The number of hydroxylamine groups is 1. The largest absolute Gasteiger partial charge is 0.507 e. The number of aliphatic hydroxyl groups is 2. The van der Waals surface area contributed by atoms with Crippen molar-refractivity contribution in [2.24, 2.45) is 22.5 Å². The average Bonchev–Trinajstić information content (AvgIpc) is 3.38. The zero-order chi connectivity index (χ0) is 29.5. The van der Waals surface area contributed by atoms with Crippen LogP contribution in [0.25, 0.3) is 5.76 Å². The molecule has 0 saturated heterocycles. The van der Waals surface area contributed by atoms with Crippen molar-refractivity contribution >= 4 is 40.6 Å². The number of benzene rings is 1. The van der Waals surface area contributed by atoms with E-state index in [1.807, 2.05) is 0 Å². The summed E-state index contributed by atoms with van der Waals surface area (Å²) in [4.78, 5) is 72.6. The molecule has 212 valence electrons. The Bertz CT molecular complexity index is 1480. The van der Waals surface area contributed by atoms with Crippen LogP contribution in [0.2, 0.25) is 0 Å². The van der Waals surface area contributed by atoms with Crippen molar-refractivity contribution in [2.45, 2.75) is 38.3 Å². The number of anilines is 1. The van der Waals surface area contributed by atoms with E-state index in [9.17, 15) is 39.3 Å². The van der Waals surface area contributed by atoms with Crippen molar-refractivity contribution in [1.29, 1.82) is 0 Å². The Labute approximate surface area is 228 Å². The van der Waals surface area contributed by atoms with Crippen molar-refractivity contribution in [2.75, 3.05) is 26.0 Å². The summed E-state index contributed by atoms with van der Waals surface area (Å²) in [7, 11) is 3.05. The Balaban J connectivity index is 1.71. The van der Waals surface area contributed by atoms with Gasteiger partial charge in [0.25, 0.3) is 5.91 Å². The number of ketones is 3. The molecule has 0 bridgehead atoms. The Morgan fingerprint density at radius 3 is 2.42 bits per heavy atom. The number of likely N-dealkylation sites (N-methyl/N-ethyl adjacent to an activating group) is 1. The van der Waals surface area contributed by atoms with E-state index in [-0.39, 0.29) is 42.0 Å². The second-order valence-electron chi connectivity index (χ2n) is 11.5. The molecule has 40 heavy (non-hydrogen) atoms. The highest BCUT2D eigenvalue weighted by molar-refractivity contribution is 6.33. The minimum absolute atomic E-state index is 0.0199. The molecule has 5 atom stereocenters. The van der Waals surface area contributed by atoms with Gasteiger partial charge in [-0.25, -0.2) is 0 Å². The van der Waals surface area contributed by atoms with E-state index >= 15 is 0 Å². The molecular weight excluding hydrogens is 524 g/mol. The SMILES string of the molecule is CN(C)[C@@H]1C(=O)C(C(N)=O)C(=O)[C@@]2(O)C(=O)C3=C(O)c4c(O)ccc(NC(=O)C5=CCON5)c4C[C@@]3(C)C[C@@]12C. The molecule has 0 aromatic heterocycles. The van der Waals surface area contributed by atoms with Crippen molar-refractivity contribution in [3.63, 3.8) is 0 Å². The van der Waals surface area contributed by atoms with Crippen molar-refractivity contribution in [3.8, 4) is 5.75 Å². The molecule has 2 amide bonds. The van der Waals surface area contributed by atoms with Crippen LogP contribution in [0.15, 0.2) is 29.5 Å². The lowest BCUT2D eigenvalue weighted by molar-refractivity contribution is -0.193. The van der Waals surface area contributed by atoms with Gasteiger partial charge in [0.1, 0.15) is 17.2 Å². The van der Waals surface area contributed by atoms with Crippen LogP contribution < -0.4 is 16.5 Å². The molecule has 2 saturated carbocycles. The zero-order valence-corrected chi connectivity index (χ0v) is 22.3. The van der Waals surface area contributed by atoms with Crippen LogP contribution in [-0.4, -0.2) is 81.7 Å². The number of phenols is 1. The van der Waals surface area contributed by atoms with Gasteiger partial charge in [-0.05, 0) is 50.7 Å². The Morgan fingerprint density at radius 2 is 1.85 bits per heavy atom. The molecule has 3 aliphatic carbocycles. The molecule has 7 N–H and O–H groups in total. The van der Waals surface area contributed by atoms with E-state index in [0.717, 1.165) is 0 Å². The van der Waals surface area contributed by atoms with E-state index < -0.39 is 69.1 Å². The molecule has 1 heterocycles. The summed E-state index contributed by atoms with van der Waals surface area (Å²) < 4.78 is 0. The van der Waals surface area contributed by atoms with Crippen LogP contribution in [0, 0.1) is 16.7 Å². The van der Waals surface area contributed by atoms with E-state index in [1.54, 1.807) is 6.92 Å². The highest BCUT2D eigenvalue weighted by Gasteiger charge is 2.75. The fourth-order valence-corrected chi connectivity index (χ4v) is 7.21. The van der Waals surface area contributed by atoms with Crippen molar-refractivity contribution < 1.29 is 44.1 Å². The van der Waals surface area contributed by atoms with E-state index in [1.165, 1.54) is 44.1 Å². The van der Waals surface area contributed by atoms with Crippen molar-refractivity contribution in [3.05, 3.63) is 40.6 Å². The van der Waals surface area contributed by atoms with Gasteiger partial charge in [0, 0.05) is 22.1 Å². The van der Waals surface area contributed by atoms with Crippen LogP contribution in [0.1, 0.15) is 31.4 Å². The van der Waals surface area contributed by atoms with E-state index in [0.29, 0.717) is 5.56 Å². The third-order valence-electron chi connectivity index (χ3n) is 8.70. The first-order valence-electron chi connectivity index (χ1n) is 12.6. The molecule has 0 spiro atoms. The zero-order valence-electron chi connectivity index (χ0n) is 22.3. The molecule has 13 heteroatoms. The first kappa shape index (κ1) is 27.5. The number of primary amides is 1. The predicted molar refractivity (Wildman–Crippen MR) is 138 cm³/mol. The number of carbonyl (C=O) groups is 5. The molecule has 1 aromatic rings. The third-order valence-corrected chi connectivity index (χ3v) is 8.70. The average molecular weight is 555 g/mol. The number of hydrogen-bond donors (Lipinski definition) is 6. The summed E-state index contributed by atoms with van der Waals surface area (Å²) in [5, 5.41) is 36.9. The maximum atomic E-state index is 14.2. The summed E-state index contributed by atoms with van der Waals surface area (Å²) in [5.74, 6) is -8.32. The summed E-state index contributed by atoms with van der Waals surface area (Å²) in [6.45, 7) is 3.25. The quantitative estimate of drug-likeness (QED) is 0.206. The Morgan fingerprint density at radius 1 is 1.18 bits per heavy atom. The monoisotopic (exact) mass is 554 g/mol. The topological polar surface area (TPSA) is 209 Å². The van der Waals surface area contributed by atoms with Gasteiger partial charge >= 0.3 is 0 Å². The van der Waals surface area contributed by atoms with Gasteiger partial charge in [-0.3, -0.25) is 39.2 Å². The van der Waals surface area contributed by atoms with Gasteiger partial charge in [-0.1, -0.05) is 13.8 Å². The Kier molecular flexibility index (Phi) is 5.99. The number of nitrogens with one attached hydrogen (secondary N) is 2. The Hall–Kier alpha value is -4.07. The maximum Gasteiger partial charge on any atom is 0.273 e. The van der Waals surface area contributed by atoms with Crippen LogP contribution in [0.4, 0.5) is 5.69 Å². The number of Topliss-reactive ketones (excluding diaryl/α,β-unsaturated/α-hetero) is 3. The normalized spacial score (nSPS) is 33.1. The number of nitrogens with zero attached hydrogens (tertiary/aromatic N) is 1. The number of nitrogens with two attached hydrogens (primary N) is 1. The minimum Gasteiger partial charge on any atom is -0.507 e. The van der Waals surface area contributed by atoms with E-state index in [4.69, 9.17) is 10.6 Å². The number of rotatable bonds is 4. The second-order valence-corrected chi connectivity index (χ2v) is 11.5. The van der Waals surface area contributed by atoms with Gasteiger partial charge in [-0.15, -0.1) is 0 Å². The predicted octanol–water partition coefficient (Wildman–Crippen LogP) is -0.525. The fourth-order valence-electron chi connectivity index (χ4n) is 7.21. The fraction of sp³-hybridized carbons (Fsp3) is 0.444. The molecule has 0 radical (unpaired) electrons. The summed E-state index contributed by atoms with van der Waals surface area (Å²) in [6, 6.07) is 1.41. The number of carbonyl (C=O) groups excluding carboxylic acids is 5. The number of aliphatic hydroxyl groups excluding tert-OH is 1. The number of phenolic OH excluding ortho intramolecular Hbond substituents is 1. The first-order chi connectivity index (χ1) is 18.6. The number of amides is 2. The summed E-state index contributed by atoms with van der Waals surface area (Å²) >= 11 is 0. The molecule has 2 fully saturated rings. The van der Waals surface area contributed by atoms with Crippen LogP contribution in [0.3, 0.4) is 0 Å². The lowest BCUT2D eigenvalue weighted by Gasteiger charge is -2.60. The molecule has 1 aromatic carbocycles. The van der Waals surface area contributed by atoms with Gasteiger partial charge < -0.3 is 26.4 Å². The maximum absolute atomic E-state index is 14.2. The minimum atomic E-state index is -2.88. The van der Waals surface area contributed by atoms with Gasteiger partial charge in [-0.2, -0.15) is 0 Å².